The Balaban J connectivity index is 2.46. The Morgan fingerprint density at radius 1 is 1.42 bits per heavy atom. The fourth-order valence-electron chi connectivity index (χ4n) is 1.26. The van der Waals surface area contributed by atoms with Gasteiger partial charge in [0.2, 0.25) is 0 Å². The molecular weight excluding hydrogens is 148 g/mol. The van der Waals surface area contributed by atoms with E-state index in [1.54, 1.807) is 0 Å². The summed E-state index contributed by atoms with van der Waals surface area (Å²) in [5, 5.41) is 0. The fraction of sp³-hybridized carbons (Fsp3) is 0.364. The predicted molar refractivity (Wildman–Crippen MR) is 50.2 cm³/mol. The highest BCUT2D eigenvalue weighted by atomic mass is 16.1. The van der Waals surface area contributed by atoms with Crippen LogP contribution in [0.15, 0.2) is 24.3 Å². The molecule has 0 aliphatic carbocycles. The second kappa shape index (κ2) is 4.70. The molecule has 1 rings (SSSR count). The molecule has 0 aliphatic heterocycles. The van der Waals surface area contributed by atoms with E-state index in [2.05, 4.69) is 31.2 Å². The molecule has 0 aromatic heterocycles. The lowest BCUT2D eigenvalue weighted by Gasteiger charge is -1.99. The van der Waals surface area contributed by atoms with Crippen LogP contribution in [-0.2, 0) is 11.2 Å². The average Bonchev–Trinajstić information content (AvgIpc) is 2.05. The molecule has 0 atom stereocenters. The van der Waals surface area contributed by atoms with Crippen molar-refractivity contribution in [2.45, 2.75) is 26.2 Å². The number of aldehydes is 1. The SMILES string of the molecule is Cc1cccc(CCCC=O)c1. The Labute approximate surface area is 73.4 Å². The minimum atomic E-state index is 0.675. The van der Waals surface area contributed by atoms with Crippen LogP contribution < -0.4 is 0 Å². The van der Waals surface area contributed by atoms with Crippen LogP contribution in [0.2, 0.25) is 0 Å². The van der Waals surface area contributed by atoms with Crippen LogP contribution in [0.5, 0.6) is 0 Å². The molecule has 12 heavy (non-hydrogen) atoms. The highest BCUT2D eigenvalue weighted by molar-refractivity contribution is 5.49. The zero-order valence-electron chi connectivity index (χ0n) is 7.42. The number of carbonyl (C=O) groups is 1. The average molecular weight is 162 g/mol. The van der Waals surface area contributed by atoms with Crippen molar-refractivity contribution in [3.05, 3.63) is 35.4 Å². The number of carbonyl (C=O) groups excluding carboxylic acids is 1. The van der Waals surface area contributed by atoms with Crippen LogP contribution in [0.1, 0.15) is 24.0 Å². The van der Waals surface area contributed by atoms with E-state index in [-0.39, 0.29) is 0 Å². The second-order valence-corrected chi connectivity index (χ2v) is 3.05. The van der Waals surface area contributed by atoms with Crippen LogP contribution in [0, 0.1) is 6.92 Å². The number of rotatable bonds is 4. The smallest absolute Gasteiger partial charge is 0.120 e. The van der Waals surface area contributed by atoms with Crippen molar-refractivity contribution in [2.75, 3.05) is 0 Å². The molecule has 0 saturated carbocycles. The van der Waals surface area contributed by atoms with E-state index in [0.717, 1.165) is 19.1 Å². The maximum atomic E-state index is 10.1. The summed E-state index contributed by atoms with van der Waals surface area (Å²) in [4.78, 5) is 10.1. The van der Waals surface area contributed by atoms with Crippen molar-refractivity contribution in [3.63, 3.8) is 0 Å². The Hall–Kier alpha value is -1.11. The van der Waals surface area contributed by atoms with Crippen LogP contribution in [-0.4, -0.2) is 6.29 Å². The first-order chi connectivity index (χ1) is 5.83. The van der Waals surface area contributed by atoms with Gasteiger partial charge in [-0.05, 0) is 25.3 Å². The lowest BCUT2D eigenvalue weighted by Crippen LogP contribution is -1.86. The van der Waals surface area contributed by atoms with Gasteiger partial charge in [-0.1, -0.05) is 29.8 Å². The summed E-state index contributed by atoms with van der Waals surface area (Å²) >= 11 is 0. The van der Waals surface area contributed by atoms with E-state index in [1.807, 2.05) is 0 Å². The Morgan fingerprint density at radius 3 is 2.92 bits per heavy atom. The number of unbranched alkanes of at least 4 members (excludes halogenated alkanes) is 1. The number of hydrogen-bond acceptors (Lipinski definition) is 1. The summed E-state index contributed by atoms with van der Waals surface area (Å²) in [6.45, 7) is 2.09. The van der Waals surface area contributed by atoms with E-state index in [9.17, 15) is 4.79 Å². The standard InChI is InChI=1S/C11H14O/c1-10-5-4-7-11(9-10)6-2-3-8-12/h4-5,7-9H,2-3,6H2,1H3. The minimum absolute atomic E-state index is 0.675. The van der Waals surface area contributed by atoms with Gasteiger partial charge in [0.25, 0.3) is 0 Å². The van der Waals surface area contributed by atoms with E-state index < -0.39 is 0 Å². The van der Waals surface area contributed by atoms with Crippen LogP contribution in [0.3, 0.4) is 0 Å². The highest BCUT2D eigenvalue weighted by Crippen LogP contribution is 2.06. The summed E-state index contributed by atoms with van der Waals surface area (Å²) in [5.74, 6) is 0. The Bertz CT molecular complexity index is 253. The molecule has 0 saturated heterocycles. The monoisotopic (exact) mass is 162 g/mol. The third-order valence-electron chi connectivity index (χ3n) is 1.87. The van der Waals surface area contributed by atoms with E-state index in [4.69, 9.17) is 0 Å². The molecule has 1 heteroatoms. The first kappa shape index (κ1) is 8.98. The van der Waals surface area contributed by atoms with Gasteiger partial charge >= 0.3 is 0 Å². The summed E-state index contributed by atoms with van der Waals surface area (Å²) < 4.78 is 0. The number of hydrogen-bond donors (Lipinski definition) is 0. The van der Waals surface area contributed by atoms with Gasteiger partial charge in [-0.3, -0.25) is 0 Å². The zero-order chi connectivity index (χ0) is 8.81. The lowest BCUT2D eigenvalue weighted by molar-refractivity contribution is -0.107. The molecule has 0 unspecified atom stereocenters. The third-order valence-corrected chi connectivity index (χ3v) is 1.87. The van der Waals surface area contributed by atoms with Gasteiger partial charge < -0.3 is 4.79 Å². The Morgan fingerprint density at radius 2 is 2.25 bits per heavy atom. The second-order valence-electron chi connectivity index (χ2n) is 3.05. The van der Waals surface area contributed by atoms with E-state index >= 15 is 0 Å². The van der Waals surface area contributed by atoms with Gasteiger partial charge in [-0.15, -0.1) is 0 Å². The zero-order valence-corrected chi connectivity index (χ0v) is 7.42. The normalized spacial score (nSPS) is 9.75. The first-order valence-electron chi connectivity index (χ1n) is 4.32. The molecule has 0 N–H and O–H groups in total. The van der Waals surface area contributed by atoms with Gasteiger partial charge in [0.15, 0.2) is 0 Å². The molecule has 1 aromatic rings. The topological polar surface area (TPSA) is 17.1 Å². The van der Waals surface area contributed by atoms with Crippen molar-refractivity contribution in [2.24, 2.45) is 0 Å². The van der Waals surface area contributed by atoms with Gasteiger partial charge in [0.05, 0.1) is 0 Å². The van der Waals surface area contributed by atoms with Crippen LogP contribution in [0.25, 0.3) is 0 Å². The molecule has 1 aromatic carbocycles. The first-order valence-corrected chi connectivity index (χ1v) is 4.32. The highest BCUT2D eigenvalue weighted by Gasteiger charge is 1.92. The van der Waals surface area contributed by atoms with Crippen molar-refractivity contribution < 1.29 is 4.79 Å². The van der Waals surface area contributed by atoms with Gasteiger partial charge in [0, 0.05) is 6.42 Å². The number of aryl methyl sites for hydroxylation is 2. The maximum Gasteiger partial charge on any atom is 0.120 e. The van der Waals surface area contributed by atoms with Crippen molar-refractivity contribution >= 4 is 6.29 Å². The summed E-state index contributed by atoms with van der Waals surface area (Å²) in [6, 6.07) is 8.43. The largest absolute Gasteiger partial charge is 0.303 e. The predicted octanol–water partition coefficient (Wildman–Crippen LogP) is 2.52. The molecule has 0 radical (unpaired) electrons. The van der Waals surface area contributed by atoms with Crippen LogP contribution in [0.4, 0.5) is 0 Å². The molecule has 64 valence electrons. The molecule has 0 aliphatic rings. The Kier molecular flexibility index (Phi) is 3.52. The summed E-state index contributed by atoms with van der Waals surface area (Å²) in [6.07, 6.45) is 3.64. The molecular formula is C11H14O. The lowest BCUT2D eigenvalue weighted by atomic mass is 10.1. The van der Waals surface area contributed by atoms with Crippen molar-refractivity contribution in [1.82, 2.24) is 0 Å². The molecule has 0 amide bonds. The quantitative estimate of drug-likeness (QED) is 0.491. The fourth-order valence-corrected chi connectivity index (χ4v) is 1.26. The van der Waals surface area contributed by atoms with Gasteiger partial charge in [-0.2, -0.15) is 0 Å². The molecule has 0 bridgehead atoms. The molecule has 1 nitrogen and oxygen atoms in total. The van der Waals surface area contributed by atoms with Crippen molar-refractivity contribution in [3.8, 4) is 0 Å². The minimum Gasteiger partial charge on any atom is -0.303 e. The van der Waals surface area contributed by atoms with E-state index in [1.165, 1.54) is 11.1 Å². The van der Waals surface area contributed by atoms with Crippen molar-refractivity contribution in [1.29, 1.82) is 0 Å². The molecule has 0 heterocycles. The maximum absolute atomic E-state index is 10.1. The number of benzene rings is 1. The molecule has 0 spiro atoms. The summed E-state index contributed by atoms with van der Waals surface area (Å²) in [7, 11) is 0. The van der Waals surface area contributed by atoms with Gasteiger partial charge in [0.1, 0.15) is 6.29 Å². The van der Waals surface area contributed by atoms with Gasteiger partial charge in [-0.25, -0.2) is 0 Å². The third kappa shape index (κ3) is 2.87. The molecule has 0 fully saturated rings. The van der Waals surface area contributed by atoms with Crippen LogP contribution >= 0.6 is 0 Å². The summed E-state index contributed by atoms with van der Waals surface area (Å²) in [5.41, 5.74) is 2.62. The van der Waals surface area contributed by atoms with E-state index in [0.29, 0.717) is 6.42 Å².